The topological polar surface area (TPSA) is 46.2 Å². The first-order valence-electron chi connectivity index (χ1n) is 3.91. The third kappa shape index (κ3) is 1.09. The van der Waals surface area contributed by atoms with Crippen molar-refractivity contribution in [1.82, 2.24) is 0 Å². The summed E-state index contributed by atoms with van der Waals surface area (Å²) in [5, 5.41) is 9.50. The van der Waals surface area contributed by atoms with Gasteiger partial charge in [0.1, 0.15) is 0 Å². The van der Waals surface area contributed by atoms with Crippen molar-refractivity contribution in [3.8, 4) is 0 Å². The second kappa shape index (κ2) is 2.83. The molecule has 1 aromatic rings. The number of fused-ring (bicyclic) bond motifs is 1. The summed E-state index contributed by atoms with van der Waals surface area (Å²) in [5.41, 5.74) is 8.00. The zero-order chi connectivity index (χ0) is 8.72. The van der Waals surface area contributed by atoms with Crippen molar-refractivity contribution < 1.29 is 5.11 Å². The first-order valence-corrected chi connectivity index (χ1v) is 4.70. The highest BCUT2D eigenvalue weighted by atomic mass is 79.9. The third-order valence-corrected chi connectivity index (χ3v) is 3.08. The summed E-state index contributed by atoms with van der Waals surface area (Å²) < 4.78 is 1.05. The van der Waals surface area contributed by atoms with Crippen LogP contribution < -0.4 is 5.73 Å². The molecule has 0 fully saturated rings. The number of halogens is 1. The predicted octanol–water partition coefficient (Wildman–Crippen LogP) is 1.37. The van der Waals surface area contributed by atoms with E-state index in [0.717, 1.165) is 15.6 Å². The van der Waals surface area contributed by atoms with Gasteiger partial charge in [-0.25, -0.2) is 0 Å². The average Bonchev–Trinajstić information content (AvgIpc) is 2.32. The van der Waals surface area contributed by atoms with Crippen molar-refractivity contribution in [2.45, 2.75) is 18.6 Å². The zero-order valence-corrected chi connectivity index (χ0v) is 8.08. The molecular weight excluding hydrogens is 218 g/mol. The van der Waals surface area contributed by atoms with Crippen LogP contribution in [0.4, 0.5) is 0 Å². The molecule has 1 aliphatic rings. The smallest absolute Gasteiger partial charge is 0.0773 e. The van der Waals surface area contributed by atoms with Gasteiger partial charge in [0.25, 0.3) is 0 Å². The van der Waals surface area contributed by atoms with E-state index in [1.54, 1.807) is 0 Å². The lowest BCUT2D eigenvalue weighted by atomic mass is 10.1. The van der Waals surface area contributed by atoms with Crippen LogP contribution in [0.25, 0.3) is 0 Å². The van der Waals surface area contributed by atoms with Gasteiger partial charge >= 0.3 is 0 Å². The number of hydrogen-bond acceptors (Lipinski definition) is 2. The van der Waals surface area contributed by atoms with Gasteiger partial charge in [0.05, 0.1) is 12.1 Å². The highest BCUT2D eigenvalue weighted by Gasteiger charge is 2.28. The fraction of sp³-hybridized carbons (Fsp3) is 0.333. The molecule has 3 heteroatoms. The third-order valence-electron chi connectivity index (χ3n) is 2.34. The second-order valence-corrected chi connectivity index (χ2v) is 3.96. The molecule has 12 heavy (non-hydrogen) atoms. The predicted molar refractivity (Wildman–Crippen MR) is 50.8 cm³/mol. The lowest BCUT2D eigenvalue weighted by molar-refractivity contribution is 0.158. The molecule has 1 aromatic carbocycles. The fourth-order valence-electron chi connectivity index (χ4n) is 1.65. The quantitative estimate of drug-likeness (QED) is 0.704. The standard InChI is InChI=1S/C9H10BrNO/c10-7-3-1-2-5-6(7)4-8(12)9(5)11/h1-3,8-9,12H,4,11H2. The molecule has 0 aliphatic heterocycles. The molecule has 0 heterocycles. The lowest BCUT2D eigenvalue weighted by Gasteiger charge is -2.07. The van der Waals surface area contributed by atoms with Crippen LogP contribution in [0.5, 0.6) is 0 Å². The highest BCUT2D eigenvalue weighted by molar-refractivity contribution is 9.10. The minimum Gasteiger partial charge on any atom is -0.391 e. The molecule has 64 valence electrons. The molecule has 1 aliphatic carbocycles. The summed E-state index contributed by atoms with van der Waals surface area (Å²) >= 11 is 3.44. The van der Waals surface area contributed by atoms with Crippen LogP contribution in [-0.4, -0.2) is 11.2 Å². The largest absolute Gasteiger partial charge is 0.391 e. The van der Waals surface area contributed by atoms with Gasteiger partial charge in [-0.3, -0.25) is 0 Å². The molecular formula is C9H10BrNO. The summed E-state index contributed by atoms with van der Waals surface area (Å²) in [6, 6.07) is 5.68. The van der Waals surface area contributed by atoms with Crippen LogP contribution in [-0.2, 0) is 6.42 Å². The SMILES string of the molecule is NC1c2cccc(Br)c2CC1O. The molecule has 0 aromatic heterocycles. The van der Waals surface area contributed by atoms with Crippen molar-refractivity contribution in [2.75, 3.05) is 0 Å². The summed E-state index contributed by atoms with van der Waals surface area (Å²) in [4.78, 5) is 0. The van der Waals surface area contributed by atoms with Gasteiger partial charge in [-0.15, -0.1) is 0 Å². The number of aliphatic hydroxyl groups is 1. The Morgan fingerprint density at radius 3 is 2.92 bits per heavy atom. The van der Waals surface area contributed by atoms with E-state index in [2.05, 4.69) is 15.9 Å². The molecule has 2 unspecified atom stereocenters. The van der Waals surface area contributed by atoms with Crippen molar-refractivity contribution in [3.63, 3.8) is 0 Å². The zero-order valence-electron chi connectivity index (χ0n) is 6.50. The maximum atomic E-state index is 9.50. The van der Waals surface area contributed by atoms with E-state index in [9.17, 15) is 5.11 Å². The lowest BCUT2D eigenvalue weighted by Crippen LogP contribution is -2.21. The van der Waals surface area contributed by atoms with E-state index < -0.39 is 6.10 Å². The molecule has 0 saturated carbocycles. The second-order valence-electron chi connectivity index (χ2n) is 3.10. The van der Waals surface area contributed by atoms with Gasteiger partial charge in [0.2, 0.25) is 0 Å². The van der Waals surface area contributed by atoms with Gasteiger partial charge in [-0.1, -0.05) is 28.1 Å². The van der Waals surface area contributed by atoms with E-state index in [0.29, 0.717) is 6.42 Å². The maximum Gasteiger partial charge on any atom is 0.0773 e. The minimum atomic E-state index is -0.418. The Hall–Kier alpha value is -0.380. The summed E-state index contributed by atoms with van der Waals surface area (Å²) in [5.74, 6) is 0. The van der Waals surface area contributed by atoms with Crippen LogP contribution in [0.2, 0.25) is 0 Å². The molecule has 0 amide bonds. The molecule has 0 spiro atoms. The molecule has 2 atom stereocenters. The van der Waals surface area contributed by atoms with E-state index in [4.69, 9.17) is 5.73 Å². The Morgan fingerprint density at radius 2 is 2.25 bits per heavy atom. The van der Waals surface area contributed by atoms with Crippen molar-refractivity contribution >= 4 is 15.9 Å². The van der Waals surface area contributed by atoms with Crippen LogP contribution in [0.1, 0.15) is 17.2 Å². The molecule has 2 rings (SSSR count). The number of rotatable bonds is 0. The van der Waals surface area contributed by atoms with Gasteiger partial charge in [0.15, 0.2) is 0 Å². The number of hydrogen-bond donors (Lipinski definition) is 2. The van der Waals surface area contributed by atoms with Gasteiger partial charge in [-0.05, 0) is 17.2 Å². The van der Waals surface area contributed by atoms with Crippen molar-refractivity contribution in [2.24, 2.45) is 5.73 Å². The summed E-state index contributed by atoms with van der Waals surface area (Å²) in [7, 11) is 0. The number of nitrogens with two attached hydrogens (primary N) is 1. The van der Waals surface area contributed by atoms with E-state index in [1.807, 2.05) is 18.2 Å². The molecule has 2 nitrogen and oxygen atoms in total. The van der Waals surface area contributed by atoms with Crippen LogP contribution in [0, 0.1) is 0 Å². The molecule has 0 radical (unpaired) electrons. The first-order chi connectivity index (χ1) is 5.70. The van der Waals surface area contributed by atoms with E-state index in [1.165, 1.54) is 0 Å². The average molecular weight is 228 g/mol. The molecule has 0 bridgehead atoms. The monoisotopic (exact) mass is 227 g/mol. The van der Waals surface area contributed by atoms with E-state index >= 15 is 0 Å². The Balaban J connectivity index is 2.53. The number of benzene rings is 1. The van der Waals surface area contributed by atoms with E-state index in [-0.39, 0.29) is 6.04 Å². The minimum absolute atomic E-state index is 0.211. The fourth-order valence-corrected chi connectivity index (χ4v) is 2.19. The van der Waals surface area contributed by atoms with Gasteiger partial charge < -0.3 is 10.8 Å². The van der Waals surface area contributed by atoms with Crippen molar-refractivity contribution in [3.05, 3.63) is 33.8 Å². The summed E-state index contributed by atoms with van der Waals surface area (Å²) in [6.07, 6.45) is 0.247. The summed E-state index contributed by atoms with van der Waals surface area (Å²) in [6.45, 7) is 0. The maximum absolute atomic E-state index is 9.50. The van der Waals surface area contributed by atoms with Gasteiger partial charge in [-0.2, -0.15) is 0 Å². The first kappa shape index (κ1) is 8.23. The highest BCUT2D eigenvalue weighted by Crippen LogP contribution is 2.34. The Morgan fingerprint density at radius 1 is 1.50 bits per heavy atom. The van der Waals surface area contributed by atoms with Crippen molar-refractivity contribution in [1.29, 1.82) is 0 Å². The van der Waals surface area contributed by atoms with Gasteiger partial charge in [0, 0.05) is 10.9 Å². The Bertz CT molecular complexity index is 313. The number of aliphatic hydroxyl groups excluding tert-OH is 1. The normalized spacial score (nSPS) is 27.2. The van der Waals surface area contributed by atoms with Crippen LogP contribution in [0.3, 0.4) is 0 Å². The molecule has 3 N–H and O–H groups in total. The Kier molecular flexibility index (Phi) is 1.94. The van der Waals surface area contributed by atoms with Crippen LogP contribution >= 0.6 is 15.9 Å². The Labute approximate surface area is 79.5 Å². The molecule has 0 saturated heterocycles. The van der Waals surface area contributed by atoms with Crippen LogP contribution in [0.15, 0.2) is 22.7 Å².